The Bertz CT molecular complexity index is 1080. The van der Waals surface area contributed by atoms with E-state index in [1.165, 1.54) is 39.3 Å². The smallest absolute Gasteiger partial charge is 0.308 e. The average Bonchev–Trinajstić information content (AvgIpc) is 3.19. The molecule has 0 saturated carbocycles. The number of carbonyl (C=O) groups excluding carboxylic acids is 2. The van der Waals surface area contributed by atoms with Gasteiger partial charge >= 0.3 is 5.97 Å². The van der Waals surface area contributed by atoms with Crippen LogP contribution in [-0.2, 0) is 27.4 Å². The zero-order valence-electron chi connectivity index (χ0n) is 15.8. The van der Waals surface area contributed by atoms with Crippen molar-refractivity contribution in [3.63, 3.8) is 0 Å². The number of esters is 1. The van der Waals surface area contributed by atoms with Crippen molar-refractivity contribution in [3.05, 3.63) is 63.8 Å². The zero-order chi connectivity index (χ0) is 20.8. The third kappa shape index (κ3) is 5.26. The molecule has 0 aliphatic carbocycles. The van der Waals surface area contributed by atoms with Crippen molar-refractivity contribution in [2.45, 2.75) is 26.4 Å². The molecule has 9 heteroatoms. The van der Waals surface area contributed by atoms with Gasteiger partial charge < -0.3 is 9.64 Å². The van der Waals surface area contributed by atoms with Crippen LogP contribution in [0.1, 0.15) is 18.9 Å². The van der Waals surface area contributed by atoms with Gasteiger partial charge in [0, 0.05) is 19.6 Å². The van der Waals surface area contributed by atoms with E-state index in [-0.39, 0.29) is 36.8 Å². The van der Waals surface area contributed by atoms with Gasteiger partial charge in [-0.05, 0) is 36.1 Å². The summed E-state index contributed by atoms with van der Waals surface area (Å²) < 4.78 is 19.7. The Hall–Kier alpha value is -3.07. The number of amides is 1. The van der Waals surface area contributed by atoms with E-state index in [1.807, 2.05) is 0 Å². The molecule has 0 atom stereocenters. The van der Waals surface area contributed by atoms with Crippen molar-refractivity contribution in [2.24, 2.45) is 0 Å². The van der Waals surface area contributed by atoms with Gasteiger partial charge in [-0.2, -0.15) is 0 Å². The van der Waals surface area contributed by atoms with E-state index >= 15 is 0 Å². The van der Waals surface area contributed by atoms with Crippen LogP contribution >= 0.6 is 11.3 Å². The second kappa shape index (κ2) is 9.42. The van der Waals surface area contributed by atoms with Crippen molar-refractivity contribution >= 4 is 33.4 Å². The van der Waals surface area contributed by atoms with Crippen LogP contribution in [0.2, 0.25) is 0 Å². The summed E-state index contributed by atoms with van der Waals surface area (Å²) in [4.78, 5) is 42.9. The number of hydrogen-bond donors (Lipinski definition) is 0. The number of aromatic nitrogens is 2. The highest BCUT2D eigenvalue weighted by molar-refractivity contribution is 7.16. The minimum absolute atomic E-state index is 0.0550. The number of halogens is 1. The maximum absolute atomic E-state index is 13.3. The van der Waals surface area contributed by atoms with E-state index in [9.17, 15) is 18.8 Å². The third-order valence-electron chi connectivity index (χ3n) is 4.36. The van der Waals surface area contributed by atoms with E-state index in [0.717, 1.165) is 0 Å². The second-order valence-corrected chi connectivity index (χ2v) is 7.23. The number of carbonyl (C=O) groups is 2. The number of likely N-dealkylation sites (N-methyl/N-ethyl adjacent to an activating group) is 1. The first-order valence-corrected chi connectivity index (χ1v) is 9.96. The SMILES string of the molecule is CCN(Cc1cccc(F)c1)C(=O)COC(=O)CCn1cnc2sccc2c1=O. The van der Waals surface area contributed by atoms with Crippen LogP contribution in [0.5, 0.6) is 0 Å². The first-order valence-electron chi connectivity index (χ1n) is 9.08. The third-order valence-corrected chi connectivity index (χ3v) is 5.18. The summed E-state index contributed by atoms with van der Waals surface area (Å²) in [6.07, 6.45) is 1.35. The van der Waals surface area contributed by atoms with Crippen molar-refractivity contribution in [1.29, 1.82) is 0 Å². The highest BCUT2D eigenvalue weighted by Gasteiger charge is 2.15. The monoisotopic (exact) mass is 417 g/mol. The molecule has 0 fully saturated rings. The topological polar surface area (TPSA) is 81.5 Å². The molecule has 0 aliphatic heterocycles. The summed E-state index contributed by atoms with van der Waals surface area (Å²) >= 11 is 1.37. The minimum Gasteiger partial charge on any atom is -0.456 e. The molecule has 0 aliphatic rings. The van der Waals surface area contributed by atoms with Crippen molar-refractivity contribution in [1.82, 2.24) is 14.5 Å². The predicted molar refractivity (Wildman–Crippen MR) is 107 cm³/mol. The van der Waals surface area contributed by atoms with Crippen molar-refractivity contribution < 1.29 is 18.7 Å². The van der Waals surface area contributed by atoms with Gasteiger partial charge in [-0.15, -0.1) is 11.3 Å². The van der Waals surface area contributed by atoms with Crippen molar-refractivity contribution in [2.75, 3.05) is 13.2 Å². The molecule has 7 nitrogen and oxygen atoms in total. The summed E-state index contributed by atoms with van der Waals surface area (Å²) in [5.74, 6) is -1.33. The van der Waals surface area contributed by atoms with Crippen molar-refractivity contribution in [3.8, 4) is 0 Å². The Labute approximate surface area is 170 Å². The van der Waals surface area contributed by atoms with Gasteiger partial charge in [0.25, 0.3) is 11.5 Å². The lowest BCUT2D eigenvalue weighted by Crippen LogP contribution is -2.34. The fraction of sp³-hybridized carbons (Fsp3) is 0.300. The van der Waals surface area contributed by atoms with Crippen LogP contribution in [-0.4, -0.2) is 39.5 Å². The first-order chi connectivity index (χ1) is 14.0. The van der Waals surface area contributed by atoms with Gasteiger partial charge in [-0.3, -0.25) is 19.0 Å². The Kier molecular flexibility index (Phi) is 6.71. The molecule has 0 saturated heterocycles. The molecule has 29 heavy (non-hydrogen) atoms. The fourth-order valence-electron chi connectivity index (χ4n) is 2.80. The number of ether oxygens (including phenoxy) is 1. The largest absolute Gasteiger partial charge is 0.456 e. The molecule has 0 bridgehead atoms. The Morgan fingerprint density at radius 2 is 2.14 bits per heavy atom. The standard InChI is InChI=1S/C20H20FN3O4S/c1-2-23(11-14-4-3-5-15(21)10-14)17(25)12-28-18(26)6-8-24-13-22-19-16(20(24)27)7-9-29-19/h3-5,7,9-10,13H,2,6,8,11-12H2,1H3. The fourth-order valence-corrected chi connectivity index (χ4v) is 3.53. The molecule has 1 aromatic carbocycles. The molecule has 3 rings (SSSR count). The van der Waals surface area contributed by atoms with Crippen LogP contribution in [0.4, 0.5) is 4.39 Å². The number of thiophene rings is 1. The summed E-state index contributed by atoms with van der Waals surface area (Å²) in [6.45, 7) is 2.13. The molecular weight excluding hydrogens is 397 g/mol. The molecule has 3 aromatic rings. The average molecular weight is 417 g/mol. The number of nitrogens with zero attached hydrogens (tertiary/aromatic N) is 3. The number of fused-ring (bicyclic) bond motifs is 1. The highest BCUT2D eigenvalue weighted by atomic mass is 32.1. The second-order valence-electron chi connectivity index (χ2n) is 6.33. The van der Waals surface area contributed by atoms with Crippen LogP contribution < -0.4 is 5.56 Å². The summed E-state index contributed by atoms with van der Waals surface area (Å²) in [6, 6.07) is 7.69. The number of benzene rings is 1. The van der Waals surface area contributed by atoms with E-state index in [0.29, 0.717) is 22.3 Å². The number of aryl methyl sites for hydroxylation is 1. The summed E-state index contributed by atoms with van der Waals surface area (Å²) in [5.41, 5.74) is 0.439. The highest BCUT2D eigenvalue weighted by Crippen LogP contribution is 2.13. The lowest BCUT2D eigenvalue weighted by molar-refractivity contribution is -0.152. The van der Waals surface area contributed by atoms with E-state index in [2.05, 4.69) is 4.98 Å². The Morgan fingerprint density at radius 3 is 2.90 bits per heavy atom. The van der Waals surface area contributed by atoms with Crippen LogP contribution in [0.25, 0.3) is 10.2 Å². The van der Waals surface area contributed by atoms with Gasteiger partial charge in [0.05, 0.1) is 18.1 Å². The molecule has 2 heterocycles. The molecule has 0 radical (unpaired) electrons. The summed E-state index contributed by atoms with van der Waals surface area (Å²) in [7, 11) is 0. The molecule has 0 unspecified atom stereocenters. The number of hydrogen-bond acceptors (Lipinski definition) is 6. The van der Waals surface area contributed by atoms with E-state index < -0.39 is 12.6 Å². The zero-order valence-corrected chi connectivity index (χ0v) is 16.7. The quantitative estimate of drug-likeness (QED) is 0.526. The van der Waals surface area contributed by atoms with Gasteiger partial charge in [0.2, 0.25) is 0 Å². The lowest BCUT2D eigenvalue weighted by Gasteiger charge is -2.21. The first kappa shape index (κ1) is 20.7. The Morgan fingerprint density at radius 1 is 1.31 bits per heavy atom. The normalized spacial score (nSPS) is 10.8. The maximum Gasteiger partial charge on any atom is 0.308 e. The van der Waals surface area contributed by atoms with E-state index in [1.54, 1.807) is 30.5 Å². The van der Waals surface area contributed by atoms with Gasteiger partial charge in [0.15, 0.2) is 6.61 Å². The summed E-state index contributed by atoms with van der Waals surface area (Å²) in [5, 5.41) is 2.30. The van der Waals surface area contributed by atoms with Crippen LogP contribution in [0, 0.1) is 5.82 Å². The molecule has 2 aromatic heterocycles. The van der Waals surface area contributed by atoms with Crippen LogP contribution in [0.3, 0.4) is 0 Å². The van der Waals surface area contributed by atoms with Gasteiger partial charge in [0.1, 0.15) is 10.6 Å². The van der Waals surface area contributed by atoms with Gasteiger partial charge in [-0.25, -0.2) is 9.37 Å². The van der Waals surface area contributed by atoms with E-state index in [4.69, 9.17) is 4.74 Å². The molecule has 0 N–H and O–H groups in total. The molecular formula is C20H20FN3O4S. The predicted octanol–water partition coefficient (Wildman–Crippen LogP) is 2.58. The molecule has 0 spiro atoms. The van der Waals surface area contributed by atoms with Gasteiger partial charge in [-0.1, -0.05) is 12.1 Å². The molecule has 152 valence electrons. The maximum atomic E-state index is 13.3. The number of rotatable bonds is 8. The van der Waals surface area contributed by atoms with Crippen LogP contribution in [0.15, 0.2) is 46.8 Å². The minimum atomic E-state index is -0.586. The lowest BCUT2D eigenvalue weighted by atomic mass is 10.2. The Balaban J connectivity index is 1.50. The molecule has 1 amide bonds.